The Morgan fingerprint density at radius 3 is 1.50 bits per heavy atom. The number of hydrogen-bond donors (Lipinski definition) is 0. The van der Waals surface area contributed by atoms with E-state index in [1.807, 2.05) is 12.1 Å². The van der Waals surface area contributed by atoms with Crippen LogP contribution in [0.3, 0.4) is 0 Å². The standard InChI is InChI=1S/C12H6N2O4S4/c1-17-9(15)7-8(10(16)18-2)22-12(21-7)11-19-5(3-13)6(4-14)20-11/h1-2H3. The molecule has 2 heterocycles. The minimum Gasteiger partial charge on any atom is -0.465 e. The van der Waals surface area contributed by atoms with E-state index in [9.17, 15) is 9.59 Å². The Balaban J connectivity index is 2.32. The molecule has 0 aromatic carbocycles. The monoisotopic (exact) mass is 370 g/mol. The summed E-state index contributed by atoms with van der Waals surface area (Å²) in [6.45, 7) is 0. The van der Waals surface area contributed by atoms with Crippen LogP contribution in [0.15, 0.2) is 28.1 Å². The van der Waals surface area contributed by atoms with Crippen LogP contribution in [0.1, 0.15) is 0 Å². The smallest absolute Gasteiger partial charge is 0.346 e. The molecule has 0 aromatic heterocycles. The summed E-state index contributed by atoms with van der Waals surface area (Å²) in [6.07, 6.45) is 0. The van der Waals surface area contributed by atoms with Crippen molar-refractivity contribution in [3.05, 3.63) is 28.1 Å². The van der Waals surface area contributed by atoms with Gasteiger partial charge in [-0.2, -0.15) is 10.5 Å². The van der Waals surface area contributed by atoms with Crippen molar-refractivity contribution in [2.45, 2.75) is 0 Å². The highest BCUT2D eigenvalue weighted by Gasteiger charge is 2.36. The predicted molar refractivity (Wildman–Crippen MR) is 86.7 cm³/mol. The third kappa shape index (κ3) is 3.15. The highest BCUT2D eigenvalue weighted by Crippen LogP contribution is 2.59. The summed E-state index contributed by atoms with van der Waals surface area (Å²) in [6, 6.07) is 3.92. The molecule has 2 rings (SSSR count). The van der Waals surface area contributed by atoms with Crippen LogP contribution in [0.5, 0.6) is 0 Å². The zero-order valence-electron chi connectivity index (χ0n) is 11.2. The maximum Gasteiger partial charge on any atom is 0.346 e. The van der Waals surface area contributed by atoms with Gasteiger partial charge in [0.15, 0.2) is 0 Å². The van der Waals surface area contributed by atoms with E-state index in [0.29, 0.717) is 18.3 Å². The normalized spacial score (nSPS) is 17.5. The van der Waals surface area contributed by atoms with Crippen LogP contribution < -0.4 is 0 Å². The zero-order valence-corrected chi connectivity index (χ0v) is 14.4. The molecule has 0 spiro atoms. The number of thioether (sulfide) groups is 4. The number of allylic oxidation sites excluding steroid dienone is 2. The minimum absolute atomic E-state index is 0.145. The van der Waals surface area contributed by atoms with E-state index < -0.39 is 11.9 Å². The van der Waals surface area contributed by atoms with Crippen LogP contribution in [0.2, 0.25) is 0 Å². The molecule has 0 amide bonds. The number of esters is 2. The van der Waals surface area contributed by atoms with E-state index in [4.69, 9.17) is 10.5 Å². The Morgan fingerprint density at radius 2 is 1.18 bits per heavy atom. The molecule has 0 unspecified atom stereocenters. The van der Waals surface area contributed by atoms with E-state index in [-0.39, 0.29) is 9.81 Å². The van der Waals surface area contributed by atoms with Crippen molar-refractivity contribution < 1.29 is 19.1 Å². The predicted octanol–water partition coefficient (Wildman–Crippen LogP) is 2.89. The molecule has 0 atom stereocenters. The third-order valence-electron chi connectivity index (χ3n) is 2.30. The molecule has 10 heteroatoms. The van der Waals surface area contributed by atoms with Crippen LogP contribution in [0.25, 0.3) is 0 Å². The van der Waals surface area contributed by atoms with Gasteiger partial charge >= 0.3 is 11.9 Å². The lowest BCUT2D eigenvalue weighted by molar-refractivity contribution is -0.138. The van der Waals surface area contributed by atoms with Crippen molar-refractivity contribution in [3.8, 4) is 12.1 Å². The molecule has 0 N–H and O–H groups in total. The van der Waals surface area contributed by atoms with Gasteiger partial charge in [-0.1, -0.05) is 47.0 Å². The minimum atomic E-state index is -0.629. The van der Waals surface area contributed by atoms with Crippen LogP contribution in [-0.2, 0) is 19.1 Å². The Labute approximate surface area is 143 Å². The second-order valence-corrected chi connectivity index (χ2v) is 8.11. The average molecular weight is 370 g/mol. The fourth-order valence-corrected chi connectivity index (χ4v) is 6.33. The number of ether oxygens (including phenoxy) is 2. The summed E-state index contributed by atoms with van der Waals surface area (Å²) in [4.78, 5) is 24.5. The lowest BCUT2D eigenvalue weighted by Gasteiger charge is -2.00. The first kappa shape index (κ1) is 16.9. The Morgan fingerprint density at radius 1 is 0.818 bits per heavy atom. The number of hydrogen-bond acceptors (Lipinski definition) is 10. The summed E-state index contributed by atoms with van der Waals surface area (Å²) in [7, 11) is 2.45. The Hall–Kier alpha value is -1.46. The summed E-state index contributed by atoms with van der Waals surface area (Å²) in [5.74, 6) is -1.26. The van der Waals surface area contributed by atoms with Gasteiger partial charge in [0.2, 0.25) is 0 Å². The molecule has 2 aliphatic rings. The molecule has 0 saturated heterocycles. The van der Waals surface area contributed by atoms with Crippen molar-refractivity contribution in [1.29, 1.82) is 10.5 Å². The number of carbonyl (C=O) groups excluding carboxylic acids is 2. The lowest BCUT2D eigenvalue weighted by atomic mass is 10.5. The van der Waals surface area contributed by atoms with E-state index in [1.54, 1.807) is 0 Å². The van der Waals surface area contributed by atoms with E-state index in [0.717, 1.165) is 47.0 Å². The van der Waals surface area contributed by atoms with Crippen molar-refractivity contribution in [1.82, 2.24) is 0 Å². The molecule has 0 fully saturated rings. The first-order valence-electron chi connectivity index (χ1n) is 5.46. The van der Waals surface area contributed by atoms with E-state index in [2.05, 4.69) is 9.47 Å². The maximum absolute atomic E-state index is 11.8. The van der Waals surface area contributed by atoms with Crippen molar-refractivity contribution in [2.75, 3.05) is 14.2 Å². The molecular weight excluding hydrogens is 364 g/mol. The fourth-order valence-electron chi connectivity index (χ4n) is 1.37. The number of methoxy groups -OCH3 is 2. The zero-order chi connectivity index (χ0) is 16.3. The van der Waals surface area contributed by atoms with Gasteiger partial charge in [-0.25, -0.2) is 9.59 Å². The molecular formula is C12H6N2O4S4. The first-order valence-corrected chi connectivity index (χ1v) is 8.73. The van der Waals surface area contributed by atoms with Crippen LogP contribution in [-0.4, -0.2) is 26.2 Å². The van der Waals surface area contributed by atoms with Crippen LogP contribution in [0, 0.1) is 22.7 Å². The maximum atomic E-state index is 11.8. The quantitative estimate of drug-likeness (QED) is 0.674. The average Bonchev–Trinajstić information content (AvgIpc) is 3.16. The summed E-state index contributed by atoms with van der Waals surface area (Å²) in [5.41, 5.74) is 0. The molecule has 0 bridgehead atoms. The summed E-state index contributed by atoms with van der Waals surface area (Å²) < 4.78 is 10.7. The molecule has 6 nitrogen and oxygen atoms in total. The highest BCUT2D eigenvalue weighted by atomic mass is 32.2. The topological polar surface area (TPSA) is 100 Å². The van der Waals surface area contributed by atoms with Gasteiger partial charge in [0.05, 0.1) is 22.7 Å². The van der Waals surface area contributed by atoms with E-state index >= 15 is 0 Å². The second-order valence-electron chi connectivity index (χ2n) is 3.51. The summed E-state index contributed by atoms with van der Waals surface area (Å²) >= 11 is 4.45. The number of nitrogens with zero attached hydrogens (tertiary/aromatic N) is 2. The summed E-state index contributed by atoms with van der Waals surface area (Å²) in [5, 5.41) is 18.0. The Kier molecular flexibility index (Phi) is 5.53. The molecule has 0 aromatic rings. The van der Waals surface area contributed by atoms with Gasteiger partial charge in [0.25, 0.3) is 0 Å². The third-order valence-corrected chi connectivity index (χ3v) is 7.79. The number of nitriles is 2. The van der Waals surface area contributed by atoms with Crippen molar-refractivity contribution in [3.63, 3.8) is 0 Å². The Bertz CT molecular complexity index is 681. The first-order chi connectivity index (χ1) is 10.5. The molecule has 2 aliphatic heterocycles. The van der Waals surface area contributed by atoms with E-state index in [1.165, 1.54) is 14.2 Å². The van der Waals surface area contributed by atoms with Gasteiger partial charge in [-0.15, -0.1) is 0 Å². The van der Waals surface area contributed by atoms with Crippen molar-refractivity contribution >= 4 is 59.0 Å². The van der Waals surface area contributed by atoms with Crippen LogP contribution >= 0.6 is 47.0 Å². The highest BCUT2D eigenvalue weighted by molar-refractivity contribution is 8.34. The second kappa shape index (κ2) is 7.20. The SMILES string of the molecule is COC(=O)C1=C(C(=O)OC)SC(=C2SC(C#N)=C(C#N)S2)S1. The number of carbonyl (C=O) groups is 2. The van der Waals surface area contributed by atoms with Gasteiger partial charge in [0.1, 0.15) is 31.8 Å². The van der Waals surface area contributed by atoms with Gasteiger partial charge in [-0.3, -0.25) is 0 Å². The fraction of sp³-hybridized carbons (Fsp3) is 0.167. The molecule has 0 aliphatic carbocycles. The van der Waals surface area contributed by atoms with Gasteiger partial charge in [-0.05, 0) is 0 Å². The lowest BCUT2D eigenvalue weighted by Crippen LogP contribution is -2.08. The number of rotatable bonds is 2. The van der Waals surface area contributed by atoms with Crippen molar-refractivity contribution in [2.24, 2.45) is 0 Å². The van der Waals surface area contributed by atoms with Gasteiger partial charge < -0.3 is 9.47 Å². The molecule has 112 valence electrons. The largest absolute Gasteiger partial charge is 0.465 e. The van der Waals surface area contributed by atoms with Gasteiger partial charge in [0, 0.05) is 0 Å². The molecule has 0 saturated carbocycles. The molecule has 0 radical (unpaired) electrons. The molecule has 22 heavy (non-hydrogen) atoms. The van der Waals surface area contributed by atoms with Crippen LogP contribution in [0.4, 0.5) is 0 Å².